The van der Waals surface area contributed by atoms with Crippen LogP contribution in [-0.4, -0.2) is 15.1 Å². The summed E-state index contributed by atoms with van der Waals surface area (Å²) in [6.45, 7) is 21.2. The van der Waals surface area contributed by atoms with Crippen molar-refractivity contribution >= 4 is 9.52 Å². The summed E-state index contributed by atoms with van der Waals surface area (Å²) in [5.74, 6) is 0. The largest absolute Gasteiger partial charge is 4.00 e. The minimum atomic E-state index is -0.250. The average Bonchev–Trinajstić information content (AvgIpc) is 1.79. The van der Waals surface area contributed by atoms with E-state index in [2.05, 4.69) is 26.6 Å². The molecule has 1 radical (unpaired) electrons. The van der Waals surface area contributed by atoms with Gasteiger partial charge in [0, 0.05) is 9.52 Å². The third kappa shape index (κ3) is 181. The van der Waals surface area contributed by atoms with Crippen molar-refractivity contribution in [3.63, 3.8) is 0 Å². The van der Waals surface area contributed by atoms with Crippen LogP contribution in [0.4, 0.5) is 0 Å². The van der Waals surface area contributed by atoms with Crippen molar-refractivity contribution in [3.8, 4) is 0 Å². The van der Waals surface area contributed by atoms with E-state index in [1.54, 1.807) is 0 Å². The molecule has 0 bridgehead atoms. The Kier molecular flexibility index (Phi) is 46.4. The van der Waals surface area contributed by atoms with Gasteiger partial charge < -0.3 is 30.5 Å². The van der Waals surface area contributed by atoms with Gasteiger partial charge in [-0.2, -0.15) is 0 Å². The zero-order chi connectivity index (χ0) is 13.1. The SMILES string of the molecule is C=C(C)/C=C(/[CH2-])C.CC(C)(C)[NH-].C[SiH]C.[Cl-].[Cl-].[Ti+4]. The van der Waals surface area contributed by atoms with Crippen molar-refractivity contribution in [2.45, 2.75) is 53.3 Å². The van der Waals surface area contributed by atoms with Crippen molar-refractivity contribution in [1.82, 2.24) is 0 Å². The summed E-state index contributed by atoms with van der Waals surface area (Å²) in [5, 5.41) is 0. The Hall–Kier alpha value is 0.821. The van der Waals surface area contributed by atoms with E-state index in [-0.39, 0.29) is 52.1 Å². The summed E-state index contributed by atoms with van der Waals surface area (Å²) >= 11 is 0. The molecule has 0 fully saturated rings. The number of halogens is 2. The third-order valence-electron chi connectivity index (χ3n) is 0.493. The molecule has 1 N–H and O–H groups in total. The van der Waals surface area contributed by atoms with Crippen LogP contribution in [0.3, 0.4) is 0 Å². The number of nitrogens with one attached hydrogen (secondary N) is 1. The molecule has 0 aliphatic carbocycles. The van der Waals surface area contributed by atoms with E-state index in [1.807, 2.05) is 40.7 Å². The van der Waals surface area contributed by atoms with E-state index in [0.717, 1.165) is 20.7 Å². The second kappa shape index (κ2) is 23.0. The number of hydrogen-bond donors (Lipinski definition) is 0. The monoisotopic (exact) mass is 344 g/mol. The van der Waals surface area contributed by atoms with E-state index in [0.29, 0.717) is 0 Å². The smallest absolute Gasteiger partial charge is 1.00 e. The molecule has 0 saturated carbocycles. The molecule has 18 heavy (non-hydrogen) atoms. The van der Waals surface area contributed by atoms with Crippen LogP contribution in [0.25, 0.3) is 5.73 Å². The second-order valence-electron chi connectivity index (χ2n) is 4.66. The van der Waals surface area contributed by atoms with E-state index in [1.165, 1.54) is 0 Å². The van der Waals surface area contributed by atoms with Crippen molar-refractivity contribution in [3.05, 3.63) is 36.5 Å². The van der Waals surface area contributed by atoms with Crippen molar-refractivity contribution in [1.29, 1.82) is 0 Å². The Morgan fingerprint density at radius 3 is 1.33 bits per heavy atom. The summed E-state index contributed by atoms with van der Waals surface area (Å²) < 4.78 is 0. The molecule has 0 rings (SSSR count). The Labute approximate surface area is 145 Å². The van der Waals surface area contributed by atoms with E-state index in [9.17, 15) is 0 Å². The van der Waals surface area contributed by atoms with Crippen LogP contribution < -0.4 is 24.8 Å². The summed E-state index contributed by atoms with van der Waals surface area (Å²) in [5.41, 5.74) is 8.81. The van der Waals surface area contributed by atoms with E-state index in [4.69, 9.17) is 5.73 Å². The molecule has 0 unspecified atom stereocenters. The molecule has 0 aliphatic heterocycles. The first kappa shape index (κ1) is 36.4. The zero-order valence-corrected chi connectivity index (χ0v) is 17.1. The summed E-state index contributed by atoms with van der Waals surface area (Å²) in [7, 11) is 0.750. The van der Waals surface area contributed by atoms with E-state index < -0.39 is 0 Å². The molecule has 107 valence electrons. The van der Waals surface area contributed by atoms with Gasteiger partial charge in [-0.1, -0.05) is 47.7 Å². The normalized spacial score (nSPS) is 8.78. The maximum Gasteiger partial charge on any atom is 4.00 e. The molecule has 0 saturated heterocycles. The number of rotatable bonds is 1. The average molecular weight is 345 g/mol. The van der Waals surface area contributed by atoms with Gasteiger partial charge in [-0.05, 0) is 0 Å². The molecular formula is C13H28Cl2NSiTi. The first-order chi connectivity index (χ1) is 6.54. The van der Waals surface area contributed by atoms with Gasteiger partial charge >= 0.3 is 21.7 Å². The minimum absolute atomic E-state index is 0. The maximum atomic E-state index is 6.94. The molecule has 0 aromatic heterocycles. The topological polar surface area (TPSA) is 23.8 Å². The predicted octanol–water partition coefficient (Wildman–Crippen LogP) is -1.30. The zero-order valence-electron chi connectivity index (χ0n) is 12.8. The van der Waals surface area contributed by atoms with Gasteiger partial charge in [-0.3, -0.25) is 0 Å². The van der Waals surface area contributed by atoms with Crippen molar-refractivity contribution in [2.75, 3.05) is 0 Å². The fourth-order valence-electron chi connectivity index (χ4n) is 0.421. The van der Waals surface area contributed by atoms with Crippen LogP contribution in [0.15, 0.2) is 23.8 Å². The maximum absolute atomic E-state index is 6.94. The first-order valence-corrected chi connectivity index (χ1v) is 7.50. The molecule has 0 atom stereocenters. The molecule has 0 heterocycles. The molecule has 1 nitrogen and oxygen atoms in total. The van der Waals surface area contributed by atoms with Gasteiger partial charge in [-0.15, -0.1) is 17.7 Å². The fourth-order valence-corrected chi connectivity index (χ4v) is 0.421. The Bertz CT molecular complexity index is 180. The first-order valence-electron chi connectivity index (χ1n) is 5.19. The second-order valence-corrected chi connectivity index (χ2v) is 5.82. The van der Waals surface area contributed by atoms with Crippen LogP contribution in [-0.2, 0) is 21.7 Å². The van der Waals surface area contributed by atoms with Crippen LogP contribution in [0.2, 0.25) is 13.1 Å². The van der Waals surface area contributed by atoms with Gasteiger partial charge in [0.05, 0.1) is 0 Å². The molecule has 0 spiro atoms. The Morgan fingerprint density at radius 2 is 1.33 bits per heavy atom. The quantitative estimate of drug-likeness (QED) is 0.321. The summed E-state index contributed by atoms with van der Waals surface area (Å²) in [6, 6.07) is 0. The molecule has 5 heteroatoms. The van der Waals surface area contributed by atoms with Crippen molar-refractivity contribution in [2.24, 2.45) is 0 Å². The molecule has 0 aliphatic rings. The summed E-state index contributed by atoms with van der Waals surface area (Å²) in [4.78, 5) is 0. The Balaban J connectivity index is -0.0000000296. The summed E-state index contributed by atoms with van der Waals surface area (Å²) in [6.07, 6.45) is 1.94. The standard InChI is InChI=1S/C7H11.C4H10N.C2H7Si.2ClH.Ti/c1-6(2)5-7(3)4;1-4(2,3)5;1-3-2;;;/h5H,1,3H2,2,4H3;5H,1-3H3;3H,1-2H3;2*1H;/q2*-1;;;;+4/p-2/b6-5-;;;;;. The van der Waals surface area contributed by atoms with Gasteiger partial charge in [0.25, 0.3) is 0 Å². The molecule has 0 amide bonds. The van der Waals surface area contributed by atoms with Gasteiger partial charge in [0.1, 0.15) is 0 Å². The van der Waals surface area contributed by atoms with Crippen LogP contribution >= 0.6 is 0 Å². The Morgan fingerprint density at radius 1 is 1.17 bits per heavy atom. The van der Waals surface area contributed by atoms with E-state index >= 15 is 0 Å². The molecular weight excluding hydrogens is 317 g/mol. The van der Waals surface area contributed by atoms with Crippen LogP contribution in [0, 0.1) is 6.92 Å². The number of hydrogen-bond acceptors (Lipinski definition) is 0. The van der Waals surface area contributed by atoms with Gasteiger partial charge in [-0.25, -0.2) is 18.6 Å². The molecule has 0 aromatic rings. The van der Waals surface area contributed by atoms with Crippen LogP contribution in [0.5, 0.6) is 0 Å². The van der Waals surface area contributed by atoms with Crippen LogP contribution in [0.1, 0.15) is 34.6 Å². The minimum Gasteiger partial charge on any atom is -1.00 e. The fraction of sp³-hybridized carbons (Fsp3) is 0.615. The third-order valence-corrected chi connectivity index (χ3v) is 0.493. The van der Waals surface area contributed by atoms with Gasteiger partial charge in [0.15, 0.2) is 0 Å². The van der Waals surface area contributed by atoms with Crippen molar-refractivity contribution < 1.29 is 46.5 Å². The number of allylic oxidation sites excluding steroid dienone is 3. The van der Waals surface area contributed by atoms with Gasteiger partial charge in [0.2, 0.25) is 0 Å². The molecule has 0 aromatic carbocycles. The predicted molar refractivity (Wildman–Crippen MR) is 76.9 cm³/mol.